The van der Waals surface area contributed by atoms with Crippen LogP contribution in [0.25, 0.3) is 0 Å². The number of carboxylic acids is 2. The molecule has 0 radical (unpaired) electrons. The molecule has 14 heavy (non-hydrogen) atoms. The molecule has 0 aromatic rings. The van der Waals surface area contributed by atoms with E-state index in [9.17, 15) is 14.4 Å². The average Bonchev–Trinajstić information content (AvgIpc) is 2.72. The Kier molecular flexibility index (Phi) is 1.52. The number of hydrogen-bond donors (Lipinski definition) is 3. The van der Waals surface area contributed by atoms with Crippen molar-refractivity contribution < 1.29 is 24.6 Å². The number of rotatable bonds is 2. The van der Waals surface area contributed by atoms with Crippen molar-refractivity contribution in [2.24, 2.45) is 23.5 Å². The lowest BCUT2D eigenvalue weighted by atomic mass is 9.91. The zero-order chi connectivity index (χ0) is 10.7. The Morgan fingerprint density at radius 3 is 2.36 bits per heavy atom. The summed E-state index contributed by atoms with van der Waals surface area (Å²) in [5.74, 6) is -5.05. The lowest BCUT2D eigenvalue weighted by Gasteiger charge is -2.19. The molecule has 2 saturated carbocycles. The number of carbonyl (C=O) groups is 3. The molecule has 0 heterocycles. The van der Waals surface area contributed by atoms with Crippen LogP contribution >= 0.6 is 0 Å². The third-order valence-corrected chi connectivity index (χ3v) is 3.14. The second kappa shape index (κ2) is 2.33. The van der Waals surface area contributed by atoms with E-state index in [2.05, 4.69) is 0 Å². The van der Waals surface area contributed by atoms with Crippen molar-refractivity contribution in [1.82, 2.24) is 0 Å². The number of carboxylic acid groups (broad SMARTS) is 2. The average molecular weight is 199 g/mol. The fourth-order valence-electron chi connectivity index (χ4n) is 2.40. The molecule has 2 unspecified atom stereocenters. The summed E-state index contributed by atoms with van der Waals surface area (Å²) < 4.78 is 0. The van der Waals surface area contributed by atoms with E-state index in [0.29, 0.717) is 0 Å². The van der Waals surface area contributed by atoms with Gasteiger partial charge in [-0.3, -0.25) is 14.4 Å². The van der Waals surface area contributed by atoms with Crippen molar-refractivity contribution in [1.29, 1.82) is 0 Å². The summed E-state index contributed by atoms with van der Waals surface area (Å²) in [6.45, 7) is 0. The van der Waals surface area contributed by atoms with Crippen molar-refractivity contribution in [3.05, 3.63) is 0 Å². The third-order valence-electron chi connectivity index (χ3n) is 3.14. The zero-order valence-corrected chi connectivity index (χ0v) is 7.14. The summed E-state index contributed by atoms with van der Waals surface area (Å²) >= 11 is 0. The highest BCUT2D eigenvalue weighted by molar-refractivity contribution is 6.02. The largest absolute Gasteiger partial charge is 0.481 e. The topological polar surface area (TPSA) is 118 Å². The molecular weight excluding hydrogens is 190 g/mol. The van der Waals surface area contributed by atoms with Crippen molar-refractivity contribution >= 4 is 17.7 Å². The van der Waals surface area contributed by atoms with Gasteiger partial charge >= 0.3 is 11.9 Å². The molecule has 2 rings (SSSR count). The number of ketones is 1. The summed E-state index contributed by atoms with van der Waals surface area (Å²) in [6.07, 6.45) is -0.249. The number of fused-ring (bicyclic) bond motifs is 1. The van der Waals surface area contributed by atoms with Crippen LogP contribution in [-0.2, 0) is 14.4 Å². The fraction of sp³-hybridized carbons (Fsp3) is 0.625. The molecule has 0 saturated heterocycles. The molecule has 0 aliphatic heterocycles. The first-order valence-electron chi connectivity index (χ1n) is 4.17. The van der Waals surface area contributed by atoms with Crippen molar-refractivity contribution in [2.75, 3.05) is 0 Å². The van der Waals surface area contributed by atoms with Gasteiger partial charge in [0.15, 0.2) is 0 Å². The second-order valence-corrected chi connectivity index (χ2v) is 3.90. The zero-order valence-electron chi connectivity index (χ0n) is 7.14. The highest BCUT2D eigenvalue weighted by Crippen LogP contribution is 2.59. The lowest BCUT2D eigenvalue weighted by Crippen LogP contribution is -2.50. The molecule has 4 atom stereocenters. The predicted molar refractivity (Wildman–Crippen MR) is 42.3 cm³/mol. The maximum atomic E-state index is 11.2. The lowest BCUT2D eigenvalue weighted by molar-refractivity contribution is -0.146. The molecule has 6 nitrogen and oxygen atoms in total. The molecule has 0 amide bonds. The van der Waals surface area contributed by atoms with Gasteiger partial charge in [0.05, 0.1) is 5.92 Å². The molecule has 0 aromatic carbocycles. The summed E-state index contributed by atoms with van der Waals surface area (Å²) in [6, 6.07) is 0. The first kappa shape index (κ1) is 9.14. The Balaban J connectivity index is 2.31. The minimum atomic E-state index is -1.66. The van der Waals surface area contributed by atoms with Gasteiger partial charge in [0.2, 0.25) is 0 Å². The Labute approximate surface area is 78.7 Å². The third kappa shape index (κ3) is 0.859. The van der Waals surface area contributed by atoms with Gasteiger partial charge in [0.25, 0.3) is 0 Å². The molecule has 0 spiro atoms. The monoisotopic (exact) mass is 199 g/mol. The SMILES string of the molecule is NC1(C(=O)O)CC(=O)[C@@H]2C1[C@H]2C(=O)O. The first-order chi connectivity index (χ1) is 6.39. The van der Waals surface area contributed by atoms with Gasteiger partial charge in [-0.25, -0.2) is 0 Å². The van der Waals surface area contributed by atoms with E-state index >= 15 is 0 Å². The summed E-state index contributed by atoms with van der Waals surface area (Å²) in [5.41, 5.74) is 3.86. The quantitative estimate of drug-likeness (QED) is 0.508. The van der Waals surface area contributed by atoms with Crippen LogP contribution in [0, 0.1) is 17.8 Å². The van der Waals surface area contributed by atoms with Gasteiger partial charge in [-0.15, -0.1) is 0 Å². The Morgan fingerprint density at radius 1 is 1.43 bits per heavy atom. The van der Waals surface area contributed by atoms with Crippen LogP contribution in [0.15, 0.2) is 0 Å². The van der Waals surface area contributed by atoms with E-state index in [1.807, 2.05) is 0 Å². The number of Topliss-reactive ketones (excluding diaryl/α,β-unsaturated/α-hetero) is 1. The second-order valence-electron chi connectivity index (χ2n) is 3.90. The Hall–Kier alpha value is -1.43. The van der Waals surface area contributed by atoms with Crippen LogP contribution < -0.4 is 5.73 Å². The number of nitrogens with two attached hydrogens (primary N) is 1. The van der Waals surface area contributed by atoms with Crippen LogP contribution in [-0.4, -0.2) is 33.5 Å². The van der Waals surface area contributed by atoms with Crippen LogP contribution in [0.4, 0.5) is 0 Å². The molecule has 2 aliphatic carbocycles. The predicted octanol–water partition coefficient (Wildman–Crippen LogP) is -1.31. The van der Waals surface area contributed by atoms with Crippen molar-refractivity contribution in [3.63, 3.8) is 0 Å². The molecule has 4 N–H and O–H groups in total. The number of hydrogen-bond acceptors (Lipinski definition) is 4. The van der Waals surface area contributed by atoms with Gasteiger partial charge in [-0.05, 0) is 0 Å². The van der Waals surface area contributed by atoms with E-state index in [0.717, 1.165) is 0 Å². The molecule has 0 bridgehead atoms. The molecule has 76 valence electrons. The first-order valence-corrected chi connectivity index (χ1v) is 4.17. The maximum Gasteiger partial charge on any atom is 0.324 e. The van der Waals surface area contributed by atoms with Gasteiger partial charge in [-0.1, -0.05) is 0 Å². The van der Waals surface area contributed by atoms with Gasteiger partial charge < -0.3 is 15.9 Å². The fourth-order valence-corrected chi connectivity index (χ4v) is 2.40. The van der Waals surface area contributed by atoms with Crippen LogP contribution in [0.2, 0.25) is 0 Å². The minimum absolute atomic E-state index is 0.249. The maximum absolute atomic E-state index is 11.2. The van der Waals surface area contributed by atoms with Gasteiger partial charge in [0.1, 0.15) is 11.3 Å². The number of aliphatic carboxylic acids is 2. The van der Waals surface area contributed by atoms with E-state index in [1.54, 1.807) is 0 Å². The Morgan fingerprint density at radius 2 is 2.00 bits per heavy atom. The van der Waals surface area contributed by atoms with Crippen LogP contribution in [0.3, 0.4) is 0 Å². The smallest absolute Gasteiger partial charge is 0.324 e. The summed E-state index contributed by atoms with van der Waals surface area (Å²) in [7, 11) is 0. The van der Waals surface area contributed by atoms with Crippen molar-refractivity contribution in [3.8, 4) is 0 Å². The van der Waals surface area contributed by atoms with E-state index in [4.69, 9.17) is 15.9 Å². The van der Waals surface area contributed by atoms with Crippen molar-refractivity contribution in [2.45, 2.75) is 12.0 Å². The minimum Gasteiger partial charge on any atom is -0.481 e. The number of carbonyl (C=O) groups excluding carboxylic acids is 1. The standard InChI is InChI=1S/C8H9NO5/c9-8(7(13)14)1-2(10)3-4(5(3)8)6(11)12/h3-5H,1,9H2,(H,11,12)(H,13,14)/t3-,4-,5?,8?/m0/s1. The molecule has 0 aromatic heterocycles. The summed E-state index contributed by atoms with van der Waals surface area (Å²) in [4.78, 5) is 32.7. The van der Waals surface area contributed by atoms with E-state index < -0.39 is 35.2 Å². The Bertz CT molecular complexity index is 348. The van der Waals surface area contributed by atoms with E-state index in [-0.39, 0.29) is 12.2 Å². The molecule has 6 heteroatoms. The van der Waals surface area contributed by atoms with Crippen LogP contribution in [0.1, 0.15) is 6.42 Å². The molecule has 2 aliphatic rings. The highest BCUT2D eigenvalue weighted by atomic mass is 16.4. The molecular formula is C8H9NO5. The van der Waals surface area contributed by atoms with Crippen LogP contribution in [0.5, 0.6) is 0 Å². The van der Waals surface area contributed by atoms with E-state index in [1.165, 1.54) is 0 Å². The van der Waals surface area contributed by atoms with Gasteiger partial charge in [0, 0.05) is 18.3 Å². The molecule has 2 fully saturated rings. The highest BCUT2D eigenvalue weighted by Gasteiger charge is 2.74. The summed E-state index contributed by atoms with van der Waals surface area (Å²) in [5, 5.41) is 17.5. The normalized spacial score (nSPS) is 44.6. The van der Waals surface area contributed by atoms with Gasteiger partial charge in [-0.2, -0.15) is 0 Å².